The number of hydrogen-bond acceptors (Lipinski definition) is 8. The number of allylic oxidation sites excluding steroid dienone is 11. The molecule has 0 radical (unpaired) electrons. The van der Waals surface area contributed by atoms with E-state index < -0.39 is 49.5 Å². The molecule has 1 heterocycles. The summed E-state index contributed by atoms with van der Waals surface area (Å²) in [4.78, 5) is 13.1. The predicted octanol–water partition coefficient (Wildman–Crippen LogP) is 16.0. The van der Waals surface area contributed by atoms with Crippen LogP contribution in [-0.2, 0) is 14.3 Å². The van der Waals surface area contributed by atoms with Gasteiger partial charge in [0.1, 0.15) is 24.4 Å². The first-order chi connectivity index (χ1) is 36.3. The number of nitrogens with one attached hydrogen (secondary N) is 1. The molecule has 1 saturated heterocycles. The second-order valence-corrected chi connectivity index (χ2v) is 21.5. The quantitative estimate of drug-likeness (QED) is 0.0261. The summed E-state index contributed by atoms with van der Waals surface area (Å²) in [6.07, 6.45) is 68.5. The van der Waals surface area contributed by atoms with E-state index in [0.29, 0.717) is 6.42 Å². The summed E-state index contributed by atoms with van der Waals surface area (Å²) in [7, 11) is 0. The van der Waals surface area contributed by atoms with Crippen molar-refractivity contribution in [3.8, 4) is 0 Å². The fourth-order valence-corrected chi connectivity index (χ4v) is 9.55. The van der Waals surface area contributed by atoms with Crippen LogP contribution in [0.1, 0.15) is 277 Å². The van der Waals surface area contributed by atoms with Crippen molar-refractivity contribution in [2.45, 2.75) is 320 Å². The number of carbonyl (C=O) groups excluding carboxylic acids is 1. The maximum absolute atomic E-state index is 13.1. The normalized spacial score (nSPS) is 19.5. The van der Waals surface area contributed by atoms with E-state index >= 15 is 0 Å². The van der Waals surface area contributed by atoms with Gasteiger partial charge in [0, 0.05) is 6.42 Å². The van der Waals surface area contributed by atoms with Crippen LogP contribution in [0.4, 0.5) is 0 Å². The molecule has 0 aliphatic carbocycles. The molecule has 7 unspecified atom stereocenters. The number of amides is 1. The number of ether oxygens (including phenoxy) is 2. The van der Waals surface area contributed by atoms with Crippen molar-refractivity contribution in [2.75, 3.05) is 13.2 Å². The first kappa shape index (κ1) is 69.6. The SMILES string of the molecule is CCCCCCC/C=C\C/C=C\C/C=C\CCCCCCCCCCCCCCCCCCCCCCC(=O)NC(COC1OC(CO)C(O)C(O)C1O)C(O)/C=C/CC/C=C/CC/C=C/CCCCCCCC. The third-order valence-corrected chi connectivity index (χ3v) is 14.5. The van der Waals surface area contributed by atoms with Crippen molar-refractivity contribution in [3.63, 3.8) is 0 Å². The molecule has 1 rings (SSSR count). The van der Waals surface area contributed by atoms with E-state index in [1.807, 2.05) is 6.08 Å². The lowest BCUT2D eigenvalue weighted by Crippen LogP contribution is -2.60. The second kappa shape index (κ2) is 54.0. The summed E-state index contributed by atoms with van der Waals surface area (Å²) in [5.74, 6) is -0.189. The Labute approximate surface area is 455 Å². The Bertz CT molecular complexity index is 1390. The summed E-state index contributed by atoms with van der Waals surface area (Å²) in [5, 5.41) is 54.5. The maximum Gasteiger partial charge on any atom is 0.220 e. The van der Waals surface area contributed by atoms with Gasteiger partial charge in [-0.25, -0.2) is 0 Å². The van der Waals surface area contributed by atoms with Crippen LogP contribution < -0.4 is 5.32 Å². The summed E-state index contributed by atoms with van der Waals surface area (Å²) < 4.78 is 11.3. The highest BCUT2D eigenvalue weighted by Gasteiger charge is 2.44. The molecule has 1 fully saturated rings. The van der Waals surface area contributed by atoms with Crippen LogP contribution in [-0.4, -0.2) is 87.5 Å². The monoisotopic (exact) mass is 1040 g/mol. The van der Waals surface area contributed by atoms with E-state index in [2.05, 4.69) is 79.9 Å². The Morgan fingerprint density at radius 3 is 1.23 bits per heavy atom. The molecule has 0 saturated carbocycles. The smallest absolute Gasteiger partial charge is 0.220 e. The molecule has 6 N–H and O–H groups in total. The Kier molecular flexibility index (Phi) is 50.8. The zero-order chi connectivity index (χ0) is 53.6. The van der Waals surface area contributed by atoms with Gasteiger partial charge in [0.05, 0.1) is 25.4 Å². The van der Waals surface area contributed by atoms with E-state index in [-0.39, 0.29) is 12.5 Å². The van der Waals surface area contributed by atoms with Crippen molar-refractivity contribution >= 4 is 5.91 Å². The van der Waals surface area contributed by atoms with E-state index in [1.165, 1.54) is 193 Å². The molecule has 0 aromatic carbocycles. The molecule has 0 aromatic heterocycles. The second-order valence-electron chi connectivity index (χ2n) is 21.5. The highest BCUT2D eigenvalue weighted by molar-refractivity contribution is 5.76. The highest BCUT2D eigenvalue weighted by atomic mass is 16.7. The van der Waals surface area contributed by atoms with Crippen molar-refractivity contribution in [1.29, 1.82) is 0 Å². The van der Waals surface area contributed by atoms with Crippen LogP contribution in [0.2, 0.25) is 0 Å². The lowest BCUT2D eigenvalue weighted by molar-refractivity contribution is -0.302. The number of carbonyl (C=O) groups is 1. The summed E-state index contributed by atoms with van der Waals surface area (Å²) >= 11 is 0. The number of hydrogen-bond donors (Lipinski definition) is 6. The molecule has 9 nitrogen and oxygen atoms in total. The van der Waals surface area contributed by atoms with Crippen LogP contribution in [0.25, 0.3) is 0 Å². The van der Waals surface area contributed by atoms with Gasteiger partial charge in [0.15, 0.2) is 6.29 Å². The van der Waals surface area contributed by atoms with Gasteiger partial charge in [-0.3, -0.25) is 4.79 Å². The van der Waals surface area contributed by atoms with E-state index in [9.17, 15) is 30.3 Å². The van der Waals surface area contributed by atoms with Crippen molar-refractivity contribution in [1.82, 2.24) is 5.32 Å². The number of unbranched alkanes of at least 4 members (excludes halogenated alkanes) is 33. The predicted molar refractivity (Wildman–Crippen MR) is 313 cm³/mol. The first-order valence-electron chi connectivity index (χ1n) is 31.2. The third kappa shape index (κ3) is 42.7. The van der Waals surface area contributed by atoms with Crippen LogP contribution in [0, 0.1) is 0 Å². The van der Waals surface area contributed by atoms with E-state index in [1.54, 1.807) is 6.08 Å². The Morgan fingerprint density at radius 2 is 0.811 bits per heavy atom. The first-order valence-corrected chi connectivity index (χ1v) is 31.2. The van der Waals surface area contributed by atoms with Gasteiger partial charge in [-0.1, -0.05) is 260 Å². The molecule has 1 amide bonds. The average molecular weight is 1040 g/mol. The fourth-order valence-electron chi connectivity index (χ4n) is 9.55. The van der Waals surface area contributed by atoms with Crippen molar-refractivity contribution in [2.24, 2.45) is 0 Å². The van der Waals surface area contributed by atoms with E-state index in [0.717, 1.165) is 64.2 Å². The van der Waals surface area contributed by atoms with Gasteiger partial charge in [0.2, 0.25) is 5.91 Å². The van der Waals surface area contributed by atoms with Gasteiger partial charge in [-0.2, -0.15) is 0 Å². The molecule has 9 heteroatoms. The average Bonchev–Trinajstić information content (AvgIpc) is 3.40. The van der Waals surface area contributed by atoms with Crippen molar-refractivity contribution < 1.29 is 39.8 Å². The number of rotatable bonds is 53. The summed E-state index contributed by atoms with van der Waals surface area (Å²) in [6, 6.07) is -0.830. The minimum atomic E-state index is -1.58. The molecule has 0 spiro atoms. The van der Waals surface area contributed by atoms with Gasteiger partial charge < -0.3 is 40.3 Å². The molecule has 430 valence electrons. The summed E-state index contributed by atoms with van der Waals surface area (Å²) in [6.45, 7) is 3.75. The molecule has 1 aliphatic heterocycles. The van der Waals surface area contributed by atoms with Crippen LogP contribution >= 0.6 is 0 Å². The largest absolute Gasteiger partial charge is 0.394 e. The van der Waals surface area contributed by atoms with Gasteiger partial charge in [-0.05, 0) is 83.5 Å². The van der Waals surface area contributed by atoms with Gasteiger partial charge in [-0.15, -0.1) is 0 Å². The number of aliphatic hydroxyl groups is 5. The highest BCUT2D eigenvalue weighted by Crippen LogP contribution is 2.23. The zero-order valence-electron chi connectivity index (χ0n) is 47.8. The van der Waals surface area contributed by atoms with Gasteiger partial charge in [0.25, 0.3) is 0 Å². The summed E-state index contributed by atoms with van der Waals surface area (Å²) in [5.41, 5.74) is 0. The topological polar surface area (TPSA) is 149 Å². The fraction of sp³-hybridized carbons (Fsp3) is 0.800. The molecule has 0 bridgehead atoms. The zero-order valence-corrected chi connectivity index (χ0v) is 47.8. The Balaban J connectivity index is 2.13. The van der Waals surface area contributed by atoms with E-state index in [4.69, 9.17) is 9.47 Å². The van der Waals surface area contributed by atoms with Crippen LogP contribution in [0.15, 0.2) is 72.9 Å². The standard InChI is InChI=1S/C65H117NO8/c1-3-5-7-9-11-13-15-17-19-21-22-23-24-25-26-27-28-29-30-31-32-33-34-35-36-37-38-39-41-43-45-47-49-51-53-55-61(69)66-58(57-73-65-64(72)63(71)62(70)60(56-67)74-65)59(68)54-52-50-48-46-44-42-40-20-18-16-14-12-10-8-6-4-2/h15,17-18,20-22,24-25,44,46,52,54,58-60,62-65,67-68,70-72H,3-14,16,19,23,26-43,45,47-51,53,55-57H2,1-2H3,(H,66,69)/b17-15-,20-18+,22-21-,25-24-,46-44+,54-52+. The molecule has 0 aromatic rings. The lowest BCUT2D eigenvalue weighted by atomic mass is 9.99. The van der Waals surface area contributed by atoms with Crippen LogP contribution in [0.5, 0.6) is 0 Å². The molecular formula is C65H117NO8. The Morgan fingerprint density at radius 1 is 0.459 bits per heavy atom. The molecular weight excluding hydrogens is 923 g/mol. The van der Waals surface area contributed by atoms with Crippen LogP contribution in [0.3, 0.4) is 0 Å². The maximum atomic E-state index is 13.1. The molecule has 74 heavy (non-hydrogen) atoms. The lowest BCUT2D eigenvalue weighted by Gasteiger charge is -2.40. The minimum Gasteiger partial charge on any atom is -0.394 e. The Hall–Kier alpha value is -2.37. The number of aliphatic hydroxyl groups excluding tert-OH is 5. The van der Waals surface area contributed by atoms with Crippen molar-refractivity contribution in [3.05, 3.63) is 72.9 Å². The molecule has 1 aliphatic rings. The minimum absolute atomic E-state index is 0.189. The van der Waals surface area contributed by atoms with Gasteiger partial charge >= 0.3 is 0 Å². The molecule has 7 atom stereocenters. The third-order valence-electron chi connectivity index (χ3n) is 14.5.